The van der Waals surface area contributed by atoms with Crippen LogP contribution in [0.4, 0.5) is 5.69 Å². The number of carbonyl (C=O) groups excluding carboxylic acids is 1. The van der Waals surface area contributed by atoms with Crippen LogP contribution in [0.2, 0.25) is 0 Å². The molecule has 6 nitrogen and oxygen atoms in total. The molecule has 0 aliphatic rings. The van der Waals surface area contributed by atoms with Gasteiger partial charge in [0.15, 0.2) is 0 Å². The lowest BCUT2D eigenvalue weighted by molar-refractivity contribution is 0.102. The van der Waals surface area contributed by atoms with Crippen LogP contribution in [0.1, 0.15) is 21.5 Å². The number of hydrogen-bond donors (Lipinski definition) is 2. The van der Waals surface area contributed by atoms with Gasteiger partial charge in [0.25, 0.3) is 5.91 Å². The second-order valence-electron chi connectivity index (χ2n) is 5.07. The van der Waals surface area contributed by atoms with E-state index in [1.165, 1.54) is 5.56 Å². The molecule has 3 rings (SSSR count). The Balaban J connectivity index is 1.75. The van der Waals surface area contributed by atoms with Crippen molar-refractivity contribution in [3.8, 4) is 11.4 Å². The average molecular weight is 293 g/mol. The smallest absolute Gasteiger partial charge is 0.255 e. The van der Waals surface area contributed by atoms with Crippen LogP contribution < -0.4 is 5.32 Å². The zero-order chi connectivity index (χ0) is 15.5. The standard InChI is InChI=1S/C16H15N5O/c1-10-3-4-13(9-11(10)2)16(22)17-14-7-5-12(6-8-14)15-18-20-21-19-15/h3-9H,1-2H3,(H,17,22)(H,18,19,20,21). The van der Waals surface area contributed by atoms with Crippen molar-refractivity contribution in [1.29, 1.82) is 0 Å². The van der Waals surface area contributed by atoms with Crippen molar-refractivity contribution in [2.24, 2.45) is 0 Å². The minimum Gasteiger partial charge on any atom is -0.322 e. The van der Waals surface area contributed by atoms with Crippen molar-refractivity contribution in [3.63, 3.8) is 0 Å². The van der Waals surface area contributed by atoms with Crippen molar-refractivity contribution in [2.75, 3.05) is 5.32 Å². The van der Waals surface area contributed by atoms with Gasteiger partial charge in [0.1, 0.15) is 0 Å². The highest BCUT2D eigenvalue weighted by Gasteiger charge is 2.08. The molecule has 2 N–H and O–H groups in total. The van der Waals surface area contributed by atoms with Gasteiger partial charge in [-0.1, -0.05) is 6.07 Å². The van der Waals surface area contributed by atoms with Crippen LogP contribution in [-0.4, -0.2) is 26.5 Å². The normalized spacial score (nSPS) is 10.5. The first kappa shape index (κ1) is 13.9. The number of amides is 1. The maximum absolute atomic E-state index is 12.2. The first-order valence-electron chi connectivity index (χ1n) is 6.86. The molecule has 0 unspecified atom stereocenters. The lowest BCUT2D eigenvalue weighted by atomic mass is 10.1. The van der Waals surface area contributed by atoms with E-state index in [1.807, 2.05) is 56.3 Å². The van der Waals surface area contributed by atoms with E-state index in [1.54, 1.807) is 0 Å². The molecule has 1 amide bonds. The highest BCUT2D eigenvalue weighted by Crippen LogP contribution is 2.18. The molecule has 0 radical (unpaired) electrons. The van der Waals surface area contributed by atoms with Crippen LogP contribution in [0.15, 0.2) is 42.5 Å². The molecule has 6 heteroatoms. The summed E-state index contributed by atoms with van der Waals surface area (Å²) in [5.41, 5.74) is 4.46. The van der Waals surface area contributed by atoms with Gasteiger partial charge in [0.05, 0.1) is 0 Å². The molecule has 3 aromatic rings. The number of aromatic nitrogens is 4. The number of nitrogens with zero attached hydrogens (tertiary/aromatic N) is 3. The maximum atomic E-state index is 12.2. The Morgan fingerprint density at radius 1 is 1.05 bits per heavy atom. The lowest BCUT2D eigenvalue weighted by Crippen LogP contribution is -2.12. The Hall–Kier alpha value is -3.02. The summed E-state index contributed by atoms with van der Waals surface area (Å²) >= 11 is 0. The number of carbonyl (C=O) groups is 1. The van der Waals surface area contributed by atoms with Gasteiger partial charge >= 0.3 is 0 Å². The van der Waals surface area contributed by atoms with E-state index in [4.69, 9.17) is 0 Å². The molecule has 0 saturated heterocycles. The topological polar surface area (TPSA) is 83.6 Å². The van der Waals surface area contributed by atoms with E-state index in [0.29, 0.717) is 11.4 Å². The second-order valence-corrected chi connectivity index (χ2v) is 5.07. The monoisotopic (exact) mass is 293 g/mol. The molecule has 110 valence electrons. The summed E-state index contributed by atoms with van der Waals surface area (Å²) in [5, 5.41) is 16.6. The zero-order valence-electron chi connectivity index (χ0n) is 12.3. The molecule has 1 heterocycles. The van der Waals surface area contributed by atoms with E-state index in [2.05, 4.69) is 25.9 Å². The summed E-state index contributed by atoms with van der Waals surface area (Å²) in [6.45, 7) is 4.01. The third-order valence-corrected chi connectivity index (χ3v) is 3.52. The Kier molecular flexibility index (Phi) is 3.65. The first-order valence-corrected chi connectivity index (χ1v) is 6.86. The number of H-pyrrole nitrogens is 1. The minimum absolute atomic E-state index is 0.129. The number of benzene rings is 2. The van der Waals surface area contributed by atoms with Crippen molar-refractivity contribution >= 4 is 11.6 Å². The Bertz CT molecular complexity index is 794. The molecule has 0 spiro atoms. The Labute approximate surface area is 127 Å². The van der Waals surface area contributed by atoms with Crippen molar-refractivity contribution in [2.45, 2.75) is 13.8 Å². The molecule has 0 saturated carbocycles. The van der Waals surface area contributed by atoms with Crippen LogP contribution in [0.3, 0.4) is 0 Å². The zero-order valence-corrected chi connectivity index (χ0v) is 12.3. The minimum atomic E-state index is -0.129. The van der Waals surface area contributed by atoms with Gasteiger partial charge in [-0.15, -0.1) is 10.2 Å². The van der Waals surface area contributed by atoms with Crippen LogP contribution in [0.5, 0.6) is 0 Å². The molecular formula is C16H15N5O. The van der Waals surface area contributed by atoms with E-state index < -0.39 is 0 Å². The molecule has 0 aliphatic carbocycles. The number of aryl methyl sites for hydroxylation is 2. The number of tetrazole rings is 1. The predicted molar refractivity (Wildman–Crippen MR) is 83.5 cm³/mol. The largest absolute Gasteiger partial charge is 0.322 e. The SMILES string of the molecule is Cc1ccc(C(=O)Nc2ccc(-c3nn[nH]n3)cc2)cc1C. The van der Waals surface area contributed by atoms with Gasteiger partial charge in [0, 0.05) is 16.8 Å². The van der Waals surface area contributed by atoms with Crippen molar-refractivity contribution in [1.82, 2.24) is 20.6 Å². The van der Waals surface area contributed by atoms with Crippen molar-refractivity contribution < 1.29 is 4.79 Å². The summed E-state index contributed by atoms with van der Waals surface area (Å²) in [6, 6.07) is 12.9. The maximum Gasteiger partial charge on any atom is 0.255 e. The van der Waals surface area contributed by atoms with Crippen molar-refractivity contribution in [3.05, 3.63) is 59.2 Å². The van der Waals surface area contributed by atoms with Crippen LogP contribution in [-0.2, 0) is 0 Å². The fraction of sp³-hybridized carbons (Fsp3) is 0.125. The van der Waals surface area contributed by atoms with Gasteiger partial charge in [-0.2, -0.15) is 5.21 Å². The molecule has 2 aromatic carbocycles. The van der Waals surface area contributed by atoms with E-state index in [-0.39, 0.29) is 5.91 Å². The van der Waals surface area contributed by atoms with Gasteiger partial charge < -0.3 is 5.32 Å². The number of hydrogen-bond acceptors (Lipinski definition) is 4. The highest BCUT2D eigenvalue weighted by atomic mass is 16.1. The van der Waals surface area contributed by atoms with Crippen LogP contribution in [0.25, 0.3) is 11.4 Å². The molecule has 0 fully saturated rings. The summed E-state index contributed by atoms with van der Waals surface area (Å²) in [6.07, 6.45) is 0. The van der Waals surface area contributed by atoms with Gasteiger partial charge in [-0.05, 0) is 66.6 Å². The molecule has 0 bridgehead atoms. The quantitative estimate of drug-likeness (QED) is 0.777. The lowest BCUT2D eigenvalue weighted by Gasteiger charge is -2.07. The fourth-order valence-corrected chi connectivity index (χ4v) is 2.07. The summed E-state index contributed by atoms with van der Waals surface area (Å²) in [4.78, 5) is 12.2. The number of rotatable bonds is 3. The molecule has 1 aromatic heterocycles. The number of anilines is 1. The molecule has 0 atom stereocenters. The summed E-state index contributed by atoms with van der Waals surface area (Å²) < 4.78 is 0. The molecule has 0 aliphatic heterocycles. The number of aromatic amines is 1. The summed E-state index contributed by atoms with van der Waals surface area (Å²) in [7, 11) is 0. The van der Waals surface area contributed by atoms with E-state index >= 15 is 0 Å². The fourth-order valence-electron chi connectivity index (χ4n) is 2.07. The van der Waals surface area contributed by atoms with Gasteiger partial charge in [-0.3, -0.25) is 4.79 Å². The highest BCUT2D eigenvalue weighted by molar-refractivity contribution is 6.04. The Morgan fingerprint density at radius 2 is 1.82 bits per heavy atom. The van der Waals surface area contributed by atoms with Gasteiger partial charge in [-0.25, -0.2) is 0 Å². The van der Waals surface area contributed by atoms with Gasteiger partial charge in [0.2, 0.25) is 5.82 Å². The molecular weight excluding hydrogens is 278 g/mol. The predicted octanol–water partition coefficient (Wildman–Crippen LogP) is 2.74. The van der Waals surface area contributed by atoms with Crippen LogP contribution >= 0.6 is 0 Å². The summed E-state index contributed by atoms with van der Waals surface area (Å²) in [5.74, 6) is 0.391. The van der Waals surface area contributed by atoms with Crippen LogP contribution in [0, 0.1) is 13.8 Å². The molecule has 22 heavy (non-hydrogen) atoms. The third-order valence-electron chi connectivity index (χ3n) is 3.52. The second kappa shape index (κ2) is 5.77. The Morgan fingerprint density at radius 3 is 2.45 bits per heavy atom. The number of nitrogens with one attached hydrogen (secondary N) is 2. The first-order chi connectivity index (χ1) is 10.6. The van der Waals surface area contributed by atoms with E-state index in [9.17, 15) is 4.79 Å². The average Bonchev–Trinajstić information content (AvgIpc) is 3.05. The third kappa shape index (κ3) is 2.85. The van der Waals surface area contributed by atoms with E-state index in [0.717, 1.165) is 16.8 Å².